The topological polar surface area (TPSA) is 118 Å². The number of amides is 1. The van der Waals surface area contributed by atoms with Crippen molar-refractivity contribution in [1.82, 2.24) is 29.9 Å². The summed E-state index contributed by atoms with van der Waals surface area (Å²) in [5, 5.41) is 11.9. The minimum Gasteiger partial charge on any atom is -0.381 e. The predicted molar refractivity (Wildman–Crippen MR) is 141 cm³/mol. The summed E-state index contributed by atoms with van der Waals surface area (Å²) in [6, 6.07) is 4.48. The Kier molecular flexibility index (Phi) is 6.75. The minimum atomic E-state index is -0.104. The van der Waals surface area contributed by atoms with Crippen LogP contribution in [-0.4, -0.2) is 68.5 Å². The summed E-state index contributed by atoms with van der Waals surface area (Å²) in [4.78, 5) is 25.6. The van der Waals surface area contributed by atoms with Gasteiger partial charge in [-0.1, -0.05) is 0 Å². The molecule has 0 atom stereocenters. The third-order valence-electron chi connectivity index (χ3n) is 7.48. The molecule has 10 nitrogen and oxygen atoms in total. The molecule has 10 heteroatoms. The third kappa shape index (κ3) is 5.03. The molecule has 0 radical (unpaired) electrons. The number of fused-ring (bicyclic) bond motifs is 2. The molecule has 1 aliphatic heterocycles. The maximum Gasteiger partial charge on any atom is 0.255 e. The van der Waals surface area contributed by atoms with E-state index >= 15 is 0 Å². The Labute approximate surface area is 215 Å². The van der Waals surface area contributed by atoms with Crippen LogP contribution in [0, 0.1) is 0 Å². The van der Waals surface area contributed by atoms with Crippen molar-refractivity contribution >= 4 is 28.4 Å². The van der Waals surface area contributed by atoms with Gasteiger partial charge in [0.05, 0.1) is 23.4 Å². The van der Waals surface area contributed by atoms with E-state index in [1.165, 1.54) is 0 Å². The summed E-state index contributed by atoms with van der Waals surface area (Å²) in [6.07, 6.45) is 13.6. The van der Waals surface area contributed by atoms with Gasteiger partial charge in [0, 0.05) is 61.4 Å². The fraction of sp³-hybridized carbons (Fsp3) is 0.481. The third-order valence-corrected chi connectivity index (χ3v) is 7.48. The molecule has 194 valence electrons. The highest BCUT2D eigenvalue weighted by Gasteiger charge is 2.23. The number of aromatic amines is 1. The van der Waals surface area contributed by atoms with Crippen molar-refractivity contribution < 1.29 is 14.3 Å². The van der Waals surface area contributed by atoms with Gasteiger partial charge in [-0.05, 0) is 63.1 Å². The molecule has 1 amide bonds. The van der Waals surface area contributed by atoms with Gasteiger partial charge in [-0.15, -0.1) is 0 Å². The van der Waals surface area contributed by atoms with E-state index in [0.29, 0.717) is 36.9 Å². The summed E-state index contributed by atoms with van der Waals surface area (Å²) >= 11 is 0. The molecule has 1 saturated carbocycles. The van der Waals surface area contributed by atoms with Crippen LogP contribution in [0.25, 0.3) is 27.7 Å². The highest BCUT2D eigenvalue weighted by molar-refractivity contribution is 6.02. The van der Waals surface area contributed by atoms with Crippen LogP contribution in [0.2, 0.25) is 0 Å². The van der Waals surface area contributed by atoms with Crippen molar-refractivity contribution in [2.75, 3.05) is 25.1 Å². The van der Waals surface area contributed by atoms with Crippen molar-refractivity contribution in [3.8, 4) is 11.1 Å². The normalized spacial score (nSPS) is 20.9. The van der Waals surface area contributed by atoms with Gasteiger partial charge >= 0.3 is 0 Å². The van der Waals surface area contributed by atoms with E-state index in [4.69, 9.17) is 14.5 Å². The van der Waals surface area contributed by atoms with E-state index in [-0.39, 0.29) is 11.9 Å². The number of carbonyl (C=O) groups is 1. The molecule has 2 aliphatic rings. The van der Waals surface area contributed by atoms with E-state index < -0.39 is 0 Å². The summed E-state index contributed by atoms with van der Waals surface area (Å²) in [5.41, 5.74) is 4.06. The number of aromatic nitrogens is 5. The zero-order chi connectivity index (χ0) is 25.2. The van der Waals surface area contributed by atoms with Crippen molar-refractivity contribution in [3.05, 3.63) is 42.5 Å². The Hall–Kier alpha value is -3.50. The Bertz CT molecular complexity index is 1380. The Morgan fingerprint density at radius 1 is 1.16 bits per heavy atom. The molecular weight excluding hydrogens is 470 g/mol. The summed E-state index contributed by atoms with van der Waals surface area (Å²) < 4.78 is 12.9. The number of ether oxygens (including phenoxy) is 2. The van der Waals surface area contributed by atoms with E-state index in [2.05, 4.69) is 32.6 Å². The van der Waals surface area contributed by atoms with Gasteiger partial charge in [0.25, 0.3) is 5.91 Å². The minimum absolute atomic E-state index is 0.104. The van der Waals surface area contributed by atoms with Gasteiger partial charge in [-0.25, -0.2) is 9.50 Å². The zero-order valence-corrected chi connectivity index (χ0v) is 21.1. The largest absolute Gasteiger partial charge is 0.381 e. The zero-order valence-electron chi connectivity index (χ0n) is 21.1. The maximum atomic E-state index is 13.0. The number of anilines is 1. The molecule has 5 heterocycles. The number of hydrogen-bond acceptors (Lipinski definition) is 7. The second-order valence-corrected chi connectivity index (χ2v) is 9.90. The lowest BCUT2D eigenvalue weighted by Crippen LogP contribution is -2.38. The van der Waals surface area contributed by atoms with Gasteiger partial charge < -0.3 is 25.1 Å². The molecule has 0 bridgehead atoms. The first-order chi connectivity index (χ1) is 18.2. The van der Waals surface area contributed by atoms with Gasteiger partial charge in [0.2, 0.25) is 5.95 Å². The number of nitrogens with one attached hydrogen (secondary N) is 3. The van der Waals surface area contributed by atoms with Crippen LogP contribution >= 0.6 is 0 Å². The molecule has 2 fully saturated rings. The first kappa shape index (κ1) is 23.9. The molecule has 37 heavy (non-hydrogen) atoms. The smallest absolute Gasteiger partial charge is 0.255 e. The van der Waals surface area contributed by atoms with Crippen LogP contribution in [0.1, 0.15) is 55.8 Å². The molecular formula is C27H33N7O3. The molecule has 4 aromatic rings. The van der Waals surface area contributed by atoms with Crippen LogP contribution < -0.4 is 10.6 Å². The van der Waals surface area contributed by atoms with Crippen molar-refractivity contribution in [2.45, 2.75) is 63.6 Å². The van der Waals surface area contributed by atoms with Crippen LogP contribution in [-0.2, 0) is 9.47 Å². The van der Waals surface area contributed by atoms with Crippen LogP contribution in [0.3, 0.4) is 0 Å². The summed E-state index contributed by atoms with van der Waals surface area (Å²) in [7, 11) is 0. The highest BCUT2D eigenvalue weighted by Crippen LogP contribution is 2.30. The molecule has 6 rings (SSSR count). The second-order valence-electron chi connectivity index (χ2n) is 9.90. The lowest BCUT2D eigenvalue weighted by Gasteiger charge is -2.28. The average molecular weight is 504 g/mol. The average Bonchev–Trinajstić information content (AvgIpc) is 3.54. The molecule has 1 aliphatic carbocycles. The molecule has 0 aromatic carbocycles. The molecule has 3 N–H and O–H groups in total. The fourth-order valence-corrected chi connectivity index (χ4v) is 5.44. The second kappa shape index (κ2) is 10.5. The number of hydrogen-bond donors (Lipinski definition) is 3. The fourth-order valence-electron chi connectivity index (χ4n) is 5.44. The number of pyridine rings is 1. The first-order valence-electron chi connectivity index (χ1n) is 13.3. The number of H-pyrrole nitrogens is 1. The number of rotatable bonds is 7. The van der Waals surface area contributed by atoms with Crippen LogP contribution in [0.5, 0.6) is 0 Å². The molecule has 4 aromatic heterocycles. The lowest BCUT2D eigenvalue weighted by molar-refractivity contribution is 0.0346. The van der Waals surface area contributed by atoms with Gasteiger partial charge in [-0.3, -0.25) is 4.79 Å². The van der Waals surface area contributed by atoms with Crippen molar-refractivity contribution in [1.29, 1.82) is 0 Å². The van der Waals surface area contributed by atoms with Crippen molar-refractivity contribution in [3.63, 3.8) is 0 Å². The highest BCUT2D eigenvalue weighted by atomic mass is 16.5. The maximum absolute atomic E-state index is 13.0. The van der Waals surface area contributed by atoms with Gasteiger partial charge in [0.1, 0.15) is 5.65 Å². The van der Waals surface area contributed by atoms with Crippen molar-refractivity contribution in [2.24, 2.45) is 0 Å². The Balaban J connectivity index is 1.20. The summed E-state index contributed by atoms with van der Waals surface area (Å²) in [5.74, 6) is 0.534. The van der Waals surface area contributed by atoms with E-state index in [9.17, 15) is 4.79 Å². The first-order valence-corrected chi connectivity index (χ1v) is 13.3. The van der Waals surface area contributed by atoms with E-state index in [0.717, 1.165) is 72.8 Å². The number of carbonyl (C=O) groups excluding carboxylic acids is 1. The van der Waals surface area contributed by atoms with Crippen LogP contribution in [0.4, 0.5) is 5.95 Å². The molecule has 1 saturated heterocycles. The van der Waals surface area contributed by atoms with Gasteiger partial charge in [-0.2, -0.15) is 10.1 Å². The Morgan fingerprint density at radius 2 is 2.00 bits per heavy atom. The SMILES string of the molecule is CCO[C@H]1CC[C@@H](Nc2ncc3c(-c4ccn5ncc(C(=O)NC6CCOCC6)c5c4)c[nH]c3n2)CC1. The number of nitrogens with zero attached hydrogens (tertiary/aromatic N) is 4. The predicted octanol–water partition coefficient (Wildman–Crippen LogP) is 3.94. The van der Waals surface area contributed by atoms with Crippen LogP contribution in [0.15, 0.2) is 36.9 Å². The Morgan fingerprint density at radius 3 is 2.81 bits per heavy atom. The molecule has 0 unspecified atom stereocenters. The van der Waals surface area contributed by atoms with E-state index in [1.54, 1.807) is 10.7 Å². The summed E-state index contributed by atoms with van der Waals surface area (Å²) in [6.45, 7) is 4.18. The monoisotopic (exact) mass is 503 g/mol. The molecule has 0 spiro atoms. The van der Waals surface area contributed by atoms with E-state index in [1.807, 2.05) is 30.7 Å². The van der Waals surface area contributed by atoms with Gasteiger partial charge in [0.15, 0.2) is 0 Å². The lowest BCUT2D eigenvalue weighted by atomic mass is 9.93. The standard InChI is InChI=1S/C27H33N7O3/c1-2-37-20-5-3-18(4-6-20)32-27-29-15-22-21(14-28-25(22)33-27)17-7-10-34-24(13-17)23(16-30-34)26(35)31-19-8-11-36-12-9-19/h7,10,13-16,18-20H,2-6,8-9,11-12H2,1H3,(H,31,35)(H2,28,29,32,33)/t18-,20+. The quantitative estimate of drug-likeness (QED) is 0.350.